The summed E-state index contributed by atoms with van der Waals surface area (Å²) in [4.78, 5) is 27.8. The topological polar surface area (TPSA) is 108 Å². The molecule has 1 aromatic heterocycles. The summed E-state index contributed by atoms with van der Waals surface area (Å²) in [5.41, 5.74) is 1.80. The fraction of sp³-hybridized carbons (Fsp3) is 0.0909. The van der Waals surface area contributed by atoms with Gasteiger partial charge in [0.15, 0.2) is 11.3 Å². The van der Waals surface area contributed by atoms with E-state index < -0.39 is 10.8 Å². The van der Waals surface area contributed by atoms with Crippen LogP contribution in [0.3, 0.4) is 0 Å². The summed E-state index contributed by atoms with van der Waals surface area (Å²) < 4.78 is 11.0. The molecule has 1 amide bonds. The number of nitro benzene ring substituents is 1. The molecule has 4 rings (SSSR count). The van der Waals surface area contributed by atoms with Crippen LogP contribution in [0.4, 0.5) is 11.4 Å². The number of carbonyl (C=O) groups is 1. The van der Waals surface area contributed by atoms with E-state index in [9.17, 15) is 14.9 Å². The second kappa shape index (κ2) is 8.86. The standard InChI is InChI=1S/C22H15Cl2N3O5/c1-2-31-19-8-6-12(10-17(19)27(29)30)21(28)25-13-7-9-18-16(11-13)26-22(32-18)14-4-3-5-15(23)20(14)24/h3-11H,2H2,1H3,(H,25,28). The zero-order valence-corrected chi connectivity index (χ0v) is 18.1. The minimum absolute atomic E-state index is 0.102. The molecule has 8 nitrogen and oxygen atoms in total. The van der Waals surface area contributed by atoms with Gasteiger partial charge in [0.05, 0.1) is 27.1 Å². The summed E-state index contributed by atoms with van der Waals surface area (Å²) in [6.45, 7) is 1.99. The van der Waals surface area contributed by atoms with Crippen LogP contribution in [0.15, 0.2) is 59.0 Å². The molecule has 4 aromatic rings. The first-order chi connectivity index (χ1) is 15.4. The molecule has 0 bridgehead atoms. The monoisotopic (exact) mass is 471 g/mol. The molecule has 3 aromatic carbocycles. The third kappa shape index (κ3) is 4.23. The highest BCUT2D eigenvalue weighted by molar-refractivity contribution is 6.43. The van der Waals surface area contributed by atoms with Gasteiger partial charge < -0.3 is 14.5 Å². The SMILES string of the molecule is CCOc1ccc(C(=O)Nc2ccc3oc(-c4cccc(Cl)c4Cl)nc3c2)cc1[N+](=O)[O-]. The number of benzene rings is 3. The Morgan fingerprint density at radius 1 is 1.19 bits per heavy atom. The Morgan fingerprint density at radius 2 is 2.00 bits per heavy atom. The van der Waals surface area contributed by atoms with Crippen LogP contribution >= 0.6 is 23.2 Å². The average molecular weight is 472 g/mol. The quantitative estimate of drug-likeness (QED) is 0.258. The maximum atomic E-state index is 12.7. The normalized spacial score (nSPS) is 10.8. The lowest BCUT2D eigenvalue weighted by molar-refractivity contribution is -0.385. The minimum atomic E-state index is -0.592. The Kier molecular flexibility index (Phi) is 5.98. The van der Waals surface area contributed by atoms with Gasteiger partial charge in [0.25, 0.3) is 5.91 Å². The van der Waals surface area contributed by atoms with E-state index in [4.69, 9.17) is 32.4 Å². The molecule has 0 atom stereocenters. The lowest BCUT2D eigenvalue weighted by Gasteiger charge is -2.07. The number of oxazole rings is 1. The molecule has 162 valence electrons. The Bertz CT molecular complexity index is 1350. The summed E-state index contributed by atoms with van der Waals surface area (Å²) in [6, 6.07) is 14.1. The van der Waals surface area contributed by atoms with Gasteiger partial charge in [-0.15, -0.1) is 0 Å². The van der Waals surface area contributed by atoms with Gasteiger partial charge in [-0.25, -0.2) is 4.98 Å². The van der Waals surface area contributed by atoms with Crippen molar-refractivity contribution >= 4 is 51.6 Å². The second-order valence-electron chi connectivity index (χ2n) is 6.63. The lowest BCUT2D eigenvalue weighted by atomic mass is 10.1. The van der Waals surface area contributed by atoms with Crippen molar-refractivity contribution in [3.05, 3.63) is 80.3 Å². The molecule has 0 unspecified atom stereocenters. The average Bonchev–Trinajstić information content (AvgIpc) is 3.19. The van der Waals surface area contributed by atoms with Crippen LogP contribution < -0.4 is 10.1 Å². The van der Waals surface area contributed by atoms with Crippen LogP contribution in [0.2, 0.25) is 10.0 Å². The number of nitro groups is 1. The number of hydrogen-bond donors (Lipinski definition) is 1. The van der Waals surface area contributed by atoms with E-state index in [-0.39, 0.29) is 29.5 Å². The van der Waals surface area contributed by atoms with Crippen LogP contribution in [0.5, 0.6) is 5.75 Å². The Labute approximate surface area is 191 Å². The number of hydrogen-bond acceptors (Lipinski definition) is 6. The number of fused-ring (bicyclic) bond motifs is 1. The second-order valence-corrected chi connectivity index (χ2v) is 7.41. The van der Waals surface area contributed by atoms with Gasteiger partial charge >= 0.3 is 5.69 Å². The van der Waals surface area contributed by atoms with Gasteiger partial charge in [-0.1, -0.05) is 29.3 Å². The number of carbonyl (C=O) groups excluding carboxylic acids is 1. The van der Waals surface area contributed by atoms with E-state index in [1.54, 1.807) is 43.3 Å². The Morgan fingerprint density at radius 3 is 2.75 bits per heavy atom. The molecular formula is C22H15Cl2N3O5. The fourth-order valence-electron chi connectivity index (χ4n) is 3.07. The molecule has 0 aliphatic carbocycles. The van der Waals surface area contributed by atoms with Gasteiger partial charge in [0.2, 0.25) is 5.89 Å². The Balaban J connectivity index is 1.61. The van der Waals surface area contributed by atoms with Crippen molar-refractivity contribution in [3.63, 3.8) is 0 Å². The molecule has 1 N–H and O–H groups in total. The number of amides is 1. The van der Waals surface area contributed by atoms with Crippen molar-refractivity contribution in [2.24, 2.45) is 0 Å². The zero-order valence-electron chi connectivity index (χ0n) is 16.6. The molecule has 1 heterocycles. The molecule has 32 heavy (non-hydrogen) atoms. The number of nitrogens with zero attached hydrogens (tertiary/aromatic N) is 2. The van der Waals surface area contributed by atoms with Crippen molar-refractivity contribution in [2.45, 2.75) is 6.92 Å². The van der Waals surface area contributed by atoms with Crippen molar-refractivity contribution in [2.75, 3.05) is 11.9 Å². The van der Waals surface area contributed by atoms with E-state index >= 15 is 0 Å². The molecule has 0 saturated heterocycles. The number of aromatic nitrogens is 1. The third-order valence-electron chi connectivity index (χ3n) is 4.55. The highest BCUT2D eigenvalue weighted by atomic mass is 35.5. The largest absolute Gasteiger partial charge is 0.487 e. The van der Waals surface area contributed by atoms with Gasteiger partial charge in [-0.2, -0.15) is 0 Å². The van der Waals surface area contributed by atoms with Gasteiger partial charge in [-0.05, 0) is 49.4 Å². The molecule has 0 saturated carbocycles. The first kappa shape index (κ1) is 21.6. The lowest BCUT2D eigenvalue weighted by Crippen LogP contribution is -2.12. The van der Waals surface area contributed by atoms with Crippen molar-refractivity contribution < 1.29 is 18.9 Å². The van der Waals surface area contributed by atoms with Crippen LogP contribution in [0.1, 0.15) is 17.3 Å². The van der Waals surface area contributed by atoms with Crippen LogP contribution in [0.25, 0.3) is 22.6 Å². The summed E-state index contributed by atoms with van der Waals surface area (Å²) >= 11 is 12.3. The molecule has 10 heteroatoms. The van der Waals surface area contributed by atoms with Crippen molar-refractivity contribution in [3.8, 4) is 17.2 Å². The molecule has 0 aliphatic heterocycles. The van der Waals surface area contributed by atoms with Gasteiger partial charge in [0.1, 0.15) is 5.52 Å². The summed E-state index contributed by atoms with van der Waals surface area (Å²) in [5, 5.41) is 14.7. The summed E-state index contributed by atoms with van der Waals surface area (Å²) in [5.74, 6) is -0.125. The maximum absolute atomic E-state index is 12.7. The maximum Gasteiger partial charge on any atom is 0.311 e. The minimum Gasteiger partial charge on any atom is -0.487 e. The third-order valence-corrected chi connectivity index (χ3v) is 5.36. The number of ether oxygens (including phenoxy) is 1. The zero-order chi connectivity index (χ0) is 22.8. The van der Waals surface area contributed by atoms with E-state index in [1.807, 2.05) is 0 Å². The predicted molar refractivity (Wildman–Crippen MR) is 122 cm³/mol. The van der Waals surface area contributed by atoms with E-state index in [0.717, 1.165) is 0 Å². The van der Waals surface area contributed by atoms with E-state index in [2.05, 4.69) is 10.3 Å². The van der Waals surface area contributed by atoms with Gasteiger partial charge in [0, 0.05) is 17.3 Å². The van der Waals surface area contributed by atoms with Crippen LogP contribution in [-0.2, 0) is 0 Å². The smallest absolute Gasteiger partial charge is 0.311 e. The van der Waals surface area contributed by atoms with Crippen LogP contribution in [0, 0.1) is 10.1 Å². The van der Waals surface area contributed by atoms with Gasteiger partial charge in [-0.3, -0.25) is 14.9 Å². The van der Waals surface area contributed by atoms with E-state index in [0.29, 0.717) is 32.4 Å². The summed E-state index contributed by atoms with van der Waals surface area (Å²) in [7, 11) is 0. The molecular weight excluding hydrogens is 457 g/mol. The number of halogens is 2. The Hall–Kier alpha value is -3.62. The molecule has 0 aliphatic rings. The number of anilines is 1. The predicted octanol–water partition coefficient (Wildman–Crippen LogP) is 6.36. The molecule has 0 radical (unpaired) electrons. The summed E-state index contributed by atoms with van der Waals surface area (Å²) in [6.07, 6.45) is 0. The number of rotatable bonds is 6. The van der Waals surface area contributed by atoms with E-state index in [1.165, 1.54) is 18.2 Å². The molecule has 0 fully saturated rings. The first-order valence-electron chi connectivity index (χ1n) is 9.45. The van der Waals surface area contributed by atoms with Crippen molar-refractivity contribution in [1.29, 1.82) is 0 Å². The van der Waals surface area contributed by atoms with Crippen LogP contribution in [-0.4, -0.2) is 22.4 Å². The molecule has 0 spiro atoms. The fourth-order valence-corrected chi connectivity index (χ4v) is 3.45. The highest BCUT2D eigenvalue weighted by Gasteiger charge is 2.19. The number of nitrogens with one attached hydrogen (secondary N) is 1. The van der Waals surface area contributed by atoms with Crippen molar-refractivity contribution in [1.82, 2.24) is 4.98 Å². The highest BCUT2D eigenvalue weighted by Crippen LogP contribution is 2.35. The first-order valence-corrected chi connectivity index (χ1v) is 10.2.